The average Bonchev–Trinajstić information content (AvgIpc) is 2.30. The summed E-state index contributed by atoms with van der Waals surface area (Å²) in [4.78, 5) is 15.9. The number of carbonyl (C=O) groups is 1. The quantitative estimate of drug-likeness (QED) is 0.399. The Hall–Kier alpha value is -1.46. The zero-order chi connectivity index (χ0) is 16.5. The third-order valence-electron chi connectivity index (χ3n) is 2.58. The summed E-state index contributed by atoms with van der Waals surface area (Å²) in [7, 11) is 1.73. The molecular weight excluding hydrogens is 268 g/mol. The van der Waals surface area contributed by atoms with Crippen LogP contribution in [0.15, 0.2) is 4.99 Å². The van der Waals surface area contributed by atoms with E-state index in [9.17, 15) is 4.79 Å². The number of unbranched alkanes of at least 4 members (excludes halogenated alkanes) is 1. The molecular formula is C15H32N4O2. The lowest BCUT2D eigenvalue weighted by Gasteiger charge is -2.29. The number of aliphatic imine (C=N–C) groups is 1. The normalized spacial score (nSPS) is 12.8. The third kappa shape index (κ3) is 10.9. The number of guanidine groups is 1. The van der Waals surface area contributed by atoms with Gasteiger partial charge in [0.1, 0.15) is 5.60 Å². The van der Waals surface area contributed by atoms with E-state index in [0.717, 1.165) is 25.3 Å². The van der Waals surface area contributed by atoms with E-state index in [1.165, 1.54) is 0 Å². The maximum absolute atomic E-state index is 11.8. The van der Waals surface area contributed by atoms with Gasteiger partial charge in [-0.2, -0.15) is 0 Å². The Morgan fingerprint density at radius 2 is 1.76 bits per heavy atom. The maximum Gasteiger partial charge on any atom is 0.408 e. The molecule has 0 aromatic heterocycles. The van der Waals surface area contributed by atoms with Crippen molar-refractivity contribution < 1.29 is 9.53 Å². The van der Waals surface area contributed by atoms with Crippen molar-refractivity contribution in [1.82, 2.24) is 16.0 Å². The van der Waals surface area contributed by atoms with E-state index in [1.807, 2.05) is 34.6 Å². The molecule has 0 saturated carbocycles. The highest BCUT2D eigenvalue weighted by molar-refractivity contribution is 5.79. The predicted octanol–water partition coefficient (Wildman–Crippen LogP) is 2.25. The minimum atomic E-state index is -0.495. The van der Waals surface area contributed by atoms with Gasteiger partial charge in [0, 0.05) is 20.1 Å². The highest BCUT2D eigenvalue weighted by atomic mass is 16.6. The van der Waals surface area contributed by atoms with Crippen LogP contribution in [0.2, 0.25) is 0 Å². The lowest BCUT2D eigenvalue weighted by Crippen LogP contribution is -2.54. The molecule has 0 bridgehead atoms. The second-order valence-corrected chi connectivity index (χ2v) is 6.72. The summed E-state index contributed by atoms with van der Waals surface area (Å²) < 4.78 is 5.26. The van der Waals surface area contributed by atoms with E-state index in [1.54, 1.807) is 7.05 Å². The highest BCUT2D eigenvalue weighted by Crippen LogP contribution is 2.09. The summed E-state index contributed by atoms with van der Waals surface area (Å²) >= 11 is 0. The van der Waals surface area contributed by atoms with Gasteiger partial charge in [-0.25, -0.2) is 4.79 Å². The van der Waals surface area contributed by atoms with Gasteiger partial charge < -0.3 is 20.7 Å². The fourth-order valence-electron chi connectivity index (χ4n) is 1.53. The molecule has 6 heteroatoms. The number of alkyl carbamates (subject to hydrolysis) is 1. The average molecular weight is 300 g/mol. The number of carbonyl (C=O) groups excluding carboxylic acids is 1. The van der Waals surface area contributed by atoms with Crippen LogP contribution in [-0.2, 0) is 4.74 Å². The fraction of sp³-hybridized carbons (Fsp3) is 0.867. The number of rotatable bonds is 6. The molecule has 0 aliphatic heterocycles. The van der Waals surface area contributed by atoms with Crippen molar-refractivity contribution in [2.24, 2.45) is 4.99 Å². The van der Waals surface area contributed by atoms with Gasteiger partial charge in [0.2, 0.25) is 0 Å². The van der Waals surface area contributed by atoms with E-state index in [2.05, 4.69) is 27.9 Å². The van der Waals surface area contributed by atoms with E-state index in [4.69, 9.17) is 4.74 Å². The molecule has 0 saturated heterocycles. The van der Waals surface area contributed by atoms with Crippen LogP contribution in [0.3, 0.4) is 0 Å². The van der Waals surface area contributed by atoms with Crippen LogP contribution in [0.4, 0.5) is 4.79 Å². The Bertz CT molecular complexity index is 346. The van der Waals surface area contributed by atoms with Gasteiger partial charge in [-0.1, -0.05) is 13.3 Å². The van der Waals surface area contributed by atoms with Crippen molar-refractivity contribution in [2.75, 3.05) is 20.1 Å². The van der Waals surface area contributed by atoms with Gasteiger partial charge in [0.05, 0.1) is 5.54 Å². The van der Waals surface area contributed by atoms with Crippen LogP contribution in [0.1, 0.15) is 54.4 Å². The molecule has 0 spiro atoms. The molecule has 3 N–H and O–H groups in total. The Morgan fingerprint density at radius 1 is 1.14 bits per heavy atom. The molecule has 0 aliphatic carbocycles. The number of amides is 1. The molecule has 0 fully saturated rings. The van der Waals surface area contributed by atoms with Crippen molar-refractivity contribution >= 4 is 12.1 Å². The largest absolute Gasteiger partial charge is 0.444 e. The molecule has 21 heavy (non-hydrogen) atoms. The Morgan fingerprint density at radius 3 is 2.24 bits per heavy atom. The SMILES string of the molecule is CCCCNC(=NC)NCC(C)(C)NC(=O)OC(C)(C)C. The van der Waals surface area contributed by atoms with Gasteiger partial charge in [0.25, 0.3) is 0 Å². The van der Waals surface area contributed by atoms with Gasteiger partial charge in [0.15, 0.2) is 5.96 Å². The molecule has 124 valence electrons. The molecule has 0 aromatic carbocycles. The number of nitrogens with one attached hydrogen (secondary N) is 3. The van der Waals surface area contributed by atoms with Crippen molar-refractivity contribution in [3.63, 3.8) is 0 Å². The number of nitrogens with zero attached hydrogens (tertiary/aromatic N) is 1. The number of ether oxygens (including phenoxy) is 1. The van der Waals surface area contributed by atoms with Crippen LogP contribution in [0, 0.1) is 0 Å². The van der Waals surface area contributed by atoms with Crippen LogP contribution < -0.4 is 16.0 Å². The second kappa shape index (κ2) is 8.74. The standard InChI is InChI=1S/C15H32N4O2/c1-8-9-10-17-12(16-7)18-11-15(5,6)19-13(20)21-14(2,3)4/h8-11H2,1-7H3,(H,19,20)(H2,16,17,18). The smallest absolute Gasteiger partial charge is 0.408 e. The molecule has 0 unspecified atom stereocenters. The molecule has 0 radical (unpaired) electrons. The van der Waals surface area contributed by atoms with Crippen LogP contribution >= 0.6 is 0 Å². The Labute approximate surface area is 129 Å². The Balaban J connectivity index is 4.24. The molecule has 0 atom stereocenters. The molecule has 0 aliphatic rings. The van der Waals surface area contributed by atoms with E-state index in [0.29, 0.717) is 6.54 Å². The first-order valence-corrected chi connectivity index (χ1v) is 7.55. The zero-order valence-corrected chi connectivity index (χ0v) is 14.6. The molecule has 6 nitrogen and oxygen atoms in total. The topological polar surface area (TPSA) is 74.8 Å². The summed E-state index contributed by atoms with van der Waals surface area (Å²) in [5.41, 5.74) is -0.934. The molecule has 0 aromatic rings. The third-order valence-corrected chi connectivity index (χ3v) is 2.58. The summed E-state index contributed by atoms with van der Waals surface area (Å²) in [6.07, 6.45) is 1.82. The second-order valence-electron chi connectivity index (χ2n) is 6.72. The molecule has 0 heterocycles. The van der Waals surface area contributed by atoms with Crippen molar-refractivity contribution in [2.45, 2.75) is 65.5 Å². The maximum atomic E-state index is 11.8. The summed E-state index contributed by atoms with van der Waals surface area (Å²) in [6, 6.07) is 0. The van der Waals surface area contributed by atoms with Gasteiger partial charge in [-0.15, -0.1) is 0 Å². The first kappa shape index (κ1) is 19.5. The summed E-state index contributed by atoms with van der Waals surface area (Å²) in [6.45, 7) is 13.0. The minimum absolute atomic E-state index is 0.414. The molecule has 0 rings (SSSR count). The fourth-order valence-corrected chi connectivity index (χ4v) is 1.53. The number of hydrogen-bond acceptors (Lipinski definition) is 3. The van der Waals surface area contributed by atoms with E-state index < -0.39 is 17.2 Å². The Kier molecular flexibility index (Phi) is 8.14. The highest BCUT2D eigenvalue weighted by Gasteiger charge is 2.24. The number of hydrogen-bond donors (Lipinski definition) is 3. The van der Waals surface area contributed by atoms with Crippen molar-refractivity contribution in [3.8, 4) is 0 Å². The van der Waals surface area contributed by atoms with E-state index >= 15 is 0 Å². The summed E-state index contributed by atoms with van der Waals surface area (Å²) in [5, 5.41) is 9.29. The lowest BCUT2D eigenvalue weighted by molar-refractivity contribution is 0.0474. The van der Waals surface area contributed by atoms with E-state index in [-0.39, 0.29) is 0 Å². The first-order chi connectivity index (χ1) is 9.59. The van der Waals surface area contributed by atoms with Crippen LogP contribution in [0.5, 0.6) is 0 Å². The van der Waals surface area contributed by atoms with Crippen LogP contribution in [-0.4, -0.2) is 43.3 Å². The zero-order valence-electron chi connectivity index (χ0n) is 14.6. The monoisotopic (exact) mass is 300 g/mol. The van der Waals surface area contributed by atoms with Gasteiger partial charge in [-0.05, 0) is 41.0 Å². The predicted molar refractivity (Wildman–Crippen MR) is 87.7 cm³/mol. The summed E-state index contributed by atoms with van der Waals surface area (Å²) in [5.74, 6) is 0.738. The van der Waals surface area contributed by atoms with Crippen molar-refractivity contribution in [1.29, 1.82) is 0 Å². The van der Waals surface area contributed by atoms with Crippen molar-refractivity contribution in [3.05, 3.63) is 0 Å². The molecule has 1 amide bonds. The van der Waals surface area contributed by atoms with Gasteiger partial charge in [-0.3, -0.25) is 4.99 Å². The first-order valence-electron chi connectivity index (χ1n) is 7.55. The van der Waals surface area contributed by atoms with Crippen LogP contribution in [0.25, 0.3) is 0 Å². The van der Waals surface area contributed by atoms with Gasteiger partial charge >= 0.3 is 6.09 Å². The lowest BCUT2D eigenvalue weighted by atomic mass is 10.1. The minimum Gasteiger partial charge on any atom is -0.444 e.